The van der Waals surface area contributed by atoms with Gasteiger partial charge in [0, 0.05) is 17.3 Å². The second-order valence-corrected chi connectivity index (χ2v) is 4.72. The van der Waals surface area contributed by atoms with Gasteiger partial charge in [-0.2, -0.15) is 0 Å². The minimum Gasteiger partial charge on any atom is -0.384 e. The number of aliphatic hydroxyl groups excluding tert-OH is 1. The molecule has 4 nitrogen and oxygen atoms in total. The van der Waals surface area contributed by atoms with Crippen molar-refractivity contribution in [1.29, 1.82) is 0 Å². The molecule has 0 radical (unpaired) electrons. The summed E-state index contributed by atoms with van der Waals surface area (Å²) in [6.45, 7) is 1.76. The van der Waals surface area contributed by atoms with Gasteiger partial charge in [-0.1, -0.05) is 17.9 Å². The van der Waals surface area contributed by atoms with Gasteiger partial charge in [0.25, 0.3) is 0 Å². The molecule has 1 fully saturated rings. The molecule has 1 saturated carbocycles. The van der Waals surface area contributed by atoms with Crippen LogP contribution in [0.4, 0.5) is 10.5 Å². The van der Waals surface area contributed by atoms with Gasteiger partial charge >= 0.3 is 6.03 Å². The standard InChI is InChI=1S/C15H18N2O2/c1-11-7-8-12(4-3-9-18)10-14(11)17-15(19)16-13-5-2-6-13/h7-8,10,13,18H,2,5-6,9H2,1H3,(H2,16,17,19). The summed E-state index contributed by atoms with van der Waals surface area (Å²) in [7, 11) is 0. The molecule has 1 aromatic carbocycles. The highest BCUT2D eigenvalue weighted by Crippen LogP contribution is 2.19. The van der Waals surface area contributed by atoms with E-state index in [2.05, 4.69) is 22.5 Å². The summed E-state index contributed by atoms with van der Waals surface area (Å²) in [6, 6.07) is 5.74. The number of aryl methyl sites for hydroxylation is 1. The molecule has 1 aliphatic carbocycles. The average Bonchev–Trinajstić information content (AvgIpc) is 2.35. The summed E-state index contributed by atoms with van der Waals surface area (Å²) >= 11 is 0. The third kappa shape index (κ3) is 3.73. The Balaban J connectivity index is 2.03. The van der Waals surface area contributed by atoms with E-state index in [-0.39, 0.29) is 12.6 Å². The minimum absolute atomic E-state index is 0.167. The fourth-order valence-corrected chi connectivity index (χ4v) is 1.87. The Morgan fingerprint density at radius 3 is 2.89 bits per heavy atom. The van der Waals surface area contributed by atoms with E-state index in [1.54, 1.807) is 0 Å². The highest BCUT2D eigenvalue weighted by molar-refractivity contribution is 5.90. The number of nitrogens with one attached hydrogen (secondary N) is 2. The second-order valence-electron chi connectivity index (χ2n) is 4.72. The van der Waals surface area contributed by atoms with Crippen molar-refractivity contribution in [3.63, 3.8) is 0 Å². The van der Waals surface area contributed by atoms with Crippen LogP contribution in [0.1, 0.15) is 30.4 Å². The van der Waals surface area contributed by atoms with E-state index < -0.39 is 0 Å². The third-order valence-corrected chi connectivity index (χ3v) is 3.24. The first-order valence-corrected chi connectivity index (χ1v) is 6.47. The zero-order valence-corrected chi connectivity index (χ0v) is 11.0. The predicted molar refractivity (Wildman–Crippen MR) is 74.9 cm³/mol. The molecule has 2 rings (SSSR count). The van der Waals surface area contributed by atoms with Gasteiger partial charge in [-0.05, 0) is 43.9 Å². The van der Waals surface area contributed by atoms with E-state index in [0.717, 1.165) is 29.7 Å². The van der Waals surface area contributed by atoms with Crippen molar-refractivity contribution in [2.24, 2.45) is 0 Å². The molecule has 1 aromatic rings. The lowest BCUT2D eigenvalue weighted by molar-refractivity contribution is 0.240. The number of urea groups is 1. The van der Waals surface area contributed by atoms with Crippen LogP contribution in [0.25, 0.3) is 0 Å². The van der Waals surface area contributed by atoms with E-state index in [9.17, 15) is 4.79 Å². The molecule has 0 bridgehead atoms. The maximum Gasteiger partial charge on any atom is 0.319 e. The highest BCUT2D eigenvalue weighted by atomic mass is 16.2. The molecular formula is C15H18N2O2. The van der Waals surface area contributed by atoms with Gasteiger partial charge in [0.1, 0.15) is 6.61 Å². The first kappa shape index (κ1) is 13.4. The van der Waals surface area contributed by atoms with Gasteiger partial charge in [0.2, 0.25) is 0 Å². The van der Waals surface area contributed by atoms with E-state index in [1.165, 1.54) is 6.42 Å². The largest absolute Gasteiger partial charge is 0.384 e. The Labute approximate surface area is 113 Å². The molecule has 0 saturated heterocycles. The summed E-state index contributed by atoms with van der Waals surface area (Å²) < 4.78 is 0. The number of carbonyl (C=O) groups is 1. The third-order valence-electron chi connectivity index (χ3n) is 3.24. The van der Waals surface area contributed by atoms with Gasteiger partial charge in [-0.25, -0.2) is 4.79 Å². The molecule has 19 heavy (non-hydrogen) atoms. The van der Waals surface area contributed by atoms with Gasteiger partial charge in [-0.15, -0.1) is 0 Å². The van der Waals surface area contributed by atoms with Gasteiger partial charge in [0.15, 0.2) is 0 Å². The van der Waals surface area contributed by atoms with E-state index >= 15 is 0 Å². The van der Waals surface area contributed by atoms with Crippen molar-refractivity contribution in [3.05, 3.63) is 29.3 Å². The fourth-order valence-electron chi connectivity index (χ4n) is 1.87. The van der Waals surface area contributed by atoms with Crippen molar-refractivity contribution in [3.8, 4) is 11.8 Å². The van der Waals surface area contributed by atoms with Crippen LogP contribution in [-0.4, -0.2) is 23.8 Å². The number of benzene rings is 1. The molecular weight excluding hydrogens is 240 g/mol. The maximum absolute atomic E-state index is 11.8. The zero-order chi connectivity index (χ0) is 13.7. The fraction of sp³-hybridized carbons (Fsp3) is 0.400. The number of aliphatic hydroxyl groups is 1. The maximum atomic E-state index is 11.8. The van der Waals surface area contributed by atoms with Crippen LogP contribution in [0.3, 0.4) is 0 Å². The molecule has 0 aromatic heterocycles. The Kier molecular flexibility index (Phi) is 4.43. The SMILES string of the molecule is Cc1ccc(C#CCO)cc1NC(=O)NC1CCC1. The molecule has 0 heterocycles. The van der Waals surface area contributed by atoms with Gasteiger partial charge in [-0.3, -0.25) is 0 Å². The number of carbonyl (C=O) groups excluding carboxylic acids is 1. The van der Waals surface area contributed by atoms with E-state index in [4.69, 9.17) is 5.11 Å². The molecule has 0 aliphatic heterocycles. The van der Waals surface area contributed by atoms with E-state index in [1.807, 2.05) is 25.1 Å². The highest BCUT2D eigenvalue weighted by Gasteiger charge is 2.19. The summed E-state index contributed by atoms with van der Waals surface area (Å²) in [6.07, 6.45) is 3.32. The molecule has 0 atom stereocenters. The van der Waals surface area contributed by atoms with Crippen LogP contribution in [-0.2, 0) is 0 Å². The molecule has 1 aliphatic rings. The predicted octanol–water partition coefficient (Wildman–Crippen LogP) is 2.01. The summed E-state index contributed by atoms with van der Waals surface area (Å²) in [5.74, 6) is 5.42. The molecule has 4 heteroatoms. The lowest BCUT2D eigenvalue weighted by atomic mass is 9.93. The number of hydrogen-bond acceptors (Lipinski definition) is 2. The monoisotopic (exact) mass is 258 g/mol. The van der Waals surface area contributed by atoms with Crippen molar-refractivity contribution in [2.45, 2.75) is 32.2 Å². The summed E-state index contributed by atoms with van der Waals surface area (Å²) in [4.78, 5) is 11.8. The zero-order valence-electron chi connectivity index (χ0n) is 11.0. The Morgan fingerprint density at radius 2 is 2.26 bits per heavy atom. The normalized spacial score (nSPS) is 14.0. The van der Waals surface area contributed by atoms with Crippen LogP contribution < -0.4 is 10.6 Å². The van der Waals surface area contributed by atoms with Crippen LogP contribution >= 0.6 is 0 Å². The van der Waals surface area contributed by atoms with Gasteiger partial charge < -0.3 is 15.7 Å². The molecule has 0 unspecified atom stereocenters. The molecule has 0 spiro atoms. The van der Waals surface area contributed by atoms with Crippen LogP contribution in [0.5, 0.6) is 0 Å². The van der Waals surface area contributed by atoms with Crippen LogP contribution in [0.2, 0.25) is 0 Å². The number of hydrogen-bond donors (Lipinski definition) is 3. The Bertz CT molecular complexity index is 525. The number of amides is 2. The molecule has 2 amide bonds. The average molecular weight is 258 g/mol. The lowest BCUT2D eigenvalue weighted by Gasteiger charge is -2.26. The summed E-state index contributed by atoms with van der Waals surface area (Å²) in [5.41, 5.74) is 2.51. The van der Waals surface area contributed by atoms with Crippen molar-refractivity contribution in [1.82, 2.24) is 5.32 Å². The van der Waals surface area contributed by atoms with E-state index in [0.29, 0.717) is 6.04 Å². The first-order valence-electron chi connectivity index (χ1n) is 6.47. The van der Waals surface area contributed by atoms with Crippen molar-refractivity contribution < 1.29 is 9.90 Å². The topological polar surface area (TPSA) is 61.4 Å². The Morgan fingerprint density at radius 1 is 1.47 bits per heavy atom. The molecule has 3 N–H and O–H groups in total. The minimum atomic E-state index is -0.168. The lowest BCUT2D eigenvalue weighted by Crippen LogP contribution is -2.41. The summed E-state index contributed by atoms with van der Waals surface area (Å²) in [5, 5.41) is 14.5. The number of rotatable bonds is 2. The Hall–Kier alpha value is -1.99. The van der Waals surface area contributed by atoms with Crippen molar-refractivity contribution >= 4 is 11.7 Å². The van der Waals surface area contributed by atoms with Gasteiger partial charge in [0.05, 0.1) is 0 Å². The van der Waals surface area contributed by atoms with Crippen molar-refractivity contribution in [2.75, 3.05) is 11.9 Å². The van der Waals surface area contributed by atoms with Crippen LogP contribution in [0.15, 0.2) is 18.2 Å². The number of anilines is 1. The first-order chi connectivity index (χ1) is 9.19. The molecule has 100 valence electrons. The quantitative estimate of drug-likeness (QED) is 0.711. The second kappa shape index (κ2) is 6.26. The van der Waals surface area contributed by atoms with Crippen LogP contribution in [0, 0.1) is 18.8 Å². The smallest absolute Gasteiger partial charge is 0.319 e.